The van der Waals surface area contributed by atoms with Gasteiger partial charge in [-0.1, -0.05) is 35.3 Å². The lowest BCUT2D eigenvalue weighted by Crippen LogP contribution is -2.32. The molecule has 10 heteroatoms. The molecule has 3 aromatic carbocycles. The van der Waals surface area contributed by atoms with Crippen molar-refractivity contribution in [1.29, 1.82) is 0 Å². The van der Waals surface area contributed by atoms with Gasteiger partial charge in [0, 0.05) is 27.2 Å². The number of benzene rings is 3. The van der Waals surface area contributed by atoms with Crippen molar-refractivity contribution < 1.29 is 18.4 Å². The topological polar surface area (TPSA) is 89.5 Å². The van der Waals surface area contributed by atoms with Gasteiger partial charge < -0.3 is 18.9 Å². The molecule has 7 nitrogen and oxygen atoms in total. The molecule has 0 spiro atoms. The van der Waals surface area contributed by atoms with E-state index >= 15 is 0 Å². The first kappa shape index (κ1) is 25.5. The summed E-state index contributed by atoms with van der Waals surface area (Å²) >= 11 is 17.5. The summed E-state index contributed by atoms with van der Waals surface area (Å²) in [7, 11) is 1.54. The molecule has 190 valence electrons. The largest absolute Gasteiger partial charge is 0.495 e. The lowest BCUT2D eigenvalue weighted by molar-refractivity contribution is -0.115. The number of carbonyl (C=O) groups is 1. The van der Waals surface area contributed by atoms with Crippen molar-refractivity contribution >= 4 is 69.3 Å². The summed E-state index contributed by atoms with van der Waals surface area (Å²) < 4.78 is 17.1. The van der Waals surface area contributed by atoms with Crippen LogP contribution in [0.25, 0.3) is 40.0 Å². The van der Waals surface area contributed by atoms with Gasteiger partial charge in [-0.2, -0.15) is 0 Å². The molecule has 2 N–H and O–H groups in total. The summed E-state index contributed by atoms with van der Waals surface area (Å²) in [6, 6.07) is 21.5. The summed E-state index contributed by atoms with van der Waals surface area (Å²) in [5, 5.41) is 6.68. The Morgan fingerprint density at radius 2 is 1.76 bits per heavy atom. The smallest absolute Gasteiger partial charge is 0.250 e. The number of hydrogen-bond donors (Lipinski definition) is 2. The quantitative estimate of drug-likeness (QED) is 0.162. The summed E-state index contributed by atoms with van der Waals surface area (Å²) in [4.78, 5) is 17.0. The van der Waals surface area contributed by atoms with Crippen LogP contribution < -0.4 is 15.4 Å². The molecule has 0 aliphatic carbocycles. The number of halogens is 2. The molecule has 0 unspecified atom stereocenters. The number of anilines is 1. The molecule has 0 aliphatic heterocycles. The minimum Gasteiger partial charge on any atom is -0.495 e. The van der Waals surface area contributed by atoms with Crippen molar-refractivity contribution in [3.05, 3.63) is 94.7 Å². The van der Waals surface area contributed by atoms with E-state index in [0.717, 1.165) is 11.1 Å². The molecule has 38 heavy (non-hydrogen) atoms. The van der Waals surface area contributed by atoms with E-state index in [9.17, 15) is 4.79 Å². The Labute approximate surface area is 233 Å². The number of ether oxygens (including phenoxy) is 1. The number of para-hydroxylation sites is 2. The molecule has 1 amide bonds. The van der Waals surface area contributed by atoms with Crippen LogP contribution >= 0.6 is 35.4 Å². The number of rotatable bonds is 6. The van der Waals surface area contributed by atoms with E-state index < -0.39 is 5.91 Å². The van der Waals surface area contributed by atoms with E-state index in [1.807, 2.05) is 30.3 Å². The minimum absolute atomic E-state index is 0.0846. The third-order valence-electron chi connectivity index (χ3n) is 5.40. The Bertz CT molecular complexity index is 1640. The summed E-state index contributed by atoms with van der Waals surface area (Å²) in [5.41, 5.74) is 3.42. The van der Waals surface area contributed by atoms with Crippen LogP contribution in [0.15, 0.2) is 87.7 Å². The average Bonchev–Trinajstić information content (AvgIpc) is 3.54. The first-order chi connectivity index (χ1) is 18.4. The molecular formula is C28H19Cl2N3O4S. The van der Waals surface area contributed by atoms with Crippen molar-refractivity contribution in [1.82, 2.24) is 10.3 Å². The van der Waals surface area contributed by atoms with Gasteiger partial charge in [-0.05, 0) is 79.0 Å². The number of thiocarbonyl (C=S) groups is 1. The first-order valence-electron chi connectivity index (χ1n) is 11.3. The van der Waals surface area contributed by atoms with Crippen molar-refractivity contribution in [2.75, 3.05) is 12.4 Å². The molecule has 5 rings (SSSR count). The average molecular weight is 564 g/mol. The number of furan rings is 1. The Morgan fingerprint density at radius 1 is 0.974 bits per heavy atom. The standard InChI is InChI=1S/C28H19Cl2N3O4S/c1-35-24-9-6-16(27-31-21-4-2-3-5-25(21)37-27)14-22(24)32-28(38)33-26(34)11-8-20-7-10-23(36-20)17-12-18(29)15-19(30)13-17/h2-15H,1H3,(H2,32,33,34,38)/b11-8+. The third-order valence-corrected chi connectivity index (χ3v) is 6.04. The second kappa shape index (κ2) is 11.1. The molecule has 2 aromatic heterocycles. The molecule has 5 aromatic rings. The SMILES string of the molecule is COc1ccc(-c2nc3ccccc3o2)cc1NC(=S)NC(=O)/C=C/c1ccc(-c2cc(Cl)cc(Cl)c2)o1. The van der Waals surface area contributed by atoms with Gasteiger partial charge in [0.15, 0.2) is 10.7 Å². The van der Waals surface area contributed by atoms with E-state index in [2.05, 4.69) is 15.6 Å². The molecule has 0 saturated carbocycles. The molecule has 0 fully saturated rings. The van der Waals surface area contributed by atoms with E-state index in [4.69, 9.17) is 49.0 Å². The Hall–Kier alpha value is -4.11. The second-order valence-electron chi connectivity index (χ2n) is 8.04. The molecular weight excluding hydrogens is 545 g/mol. The highest BCUT2D eigenvalue weighted by atomic mass is 35.5. The lowest BCUT2D eigenvalue weighted by atomic mass is 10.2. The maximum Gasteiger partial charge on any atom is 0.250 e. The molecule has 0 atom stereocenters. The van der Waals surface area contributed by atoms with E-state index in [0.29, 0.717) is 50.0 Å². The number of carbonyl (C=O) groups excluding carboxylic acids is 1. The maximum absolute atomic E-state index is 12.5. The highest BCUT2D eigenvalue weighted by molar-refractivity contribution is 7.80. The van der Waals surface area contributed by atoms with E-state index in [-0.39, 0.29) is 5.11 Å². The molecule has 0 saturated heterocycles. The van der Waals surface area contributed by atoms with E-state index in [1.165, 1.54) is 12.2 Å². The summed E-state index contributed by atoms with van der Waals surface area (Å²) in [6.07, 6.45) is 2.84. The lowest BCUT2D eigenvalue weighted by Gasteiger charge is -2.13. The van der Waals surface area contributed by atoms with Crippen molar-refractivity contribution in [2.24, 2.45) is 0 Å². The van der Waals surface area contributed by atoms with Crippen LogP contribution in [0.3, 0.4) is 0 Å². The van der Waals surface area contributed by atoms with Crippen molar-refractivity contribution in [3.8, 4) is 28.5 Å². The zero-order valence-electron chi connectivity index (χ0n) is 19.8. The van der Waals surface area contributed by atoms with Crippen LogP contribution in [-0.2, 0) is 4.79 Å². The van der Waals surface area contributed by atoms with Gasteiger partial charge in [0.25, 0.3) is 0 Å². The molecule has 0 bridgehead atoms. The van der Waals surface area contributed by atoms with E-state index in [1.54, 1.807) is 49.6 Å². The molecule has 0 aliphatic rings. The zero-order chi connectivity index (χ0) is 26.6. The number of nitrogens with zero attached hydrogens (tertiary/aromatic N) is 1. The minimum atomic E-state index is -0.444. The second-order valence-corrected chi connectivity index (χ2v) is 9.32. The summed E-state index contributed by atoms with van der Waals surface area (Å²) in [5.74, 6) is 1.57. The first-order valence-corrected chi connectivity index (χ1v) is 12.4. The van der Waals surface area contributed by atoms with Gasteiger partial charge in [0.1, 0.15) is 22.8 Å². The number of amides is 1. The van der Waals surface area contributed by atoms with Crippen LogP contribution in [-0.4, -0.2) is 23.1 Å². The number of nitrogens with one attached hydrogen (secondary N) is 2. The van der Waals surface area contributed by atoms with Crippen molar-refractivity contribution in [2.45, 2.75) is 0 Å². The number of methoxy groups -OCH3 is 1. The molecule has 2 heterocycles. The van der Waals surface area contributed by atoms with Gasteiger partial charge in [-0.15, -0.1) is 0 Å². The molecule has 0 radical (unpaired) electrons. The maximum atomic E-state index is 12.5. The Balaban J connectivity index is 1.25. The van der Waals surface area contributed by atoms with Gasteiger partial charge in [0.2, 0.25) is 11.8 Å². The number of oxazole rings is 1. The monoisotopic (exact) mass is 563 g/mol. The van der Waals surface area contributed by atoms with Crippen molar-refractivity contribution in [3.63, 3.8) is 0 Å². The summed E-state index contributed by atoms with van der Waals surface area (Å²) in [6.45, 7) is 0. The van der Waals surface area contributed by atoms with Crippen LogP contribution in [0.5, 0.6) is 5.75 Å². The zero-order valence-corrected chi connectivity index (χ0v) is 22.2. The fourth-order valence-corrected chi connectivity index (χ4v) is 4.43. The van der Waals surface area contributed by atoms with Gasteiger partial charge >= 0.3 is 0 Å². The predicted octanol–water partition coefficient (Wildman–Crippen LogP) is 7.60. The number of fused-ring (bicyclic) bond motifs is 1. The Kier molecular flexibility index (Phi) is 7.46. The highest BCUT2D eigenvalue weighted by Crippen LogP contribution is 2.32. The van der Waals surface area contributed by atoms with Crippen LogP contribution in [0.1, 0.15) is 5.76 Å². The van der Waals surface area contributed by atoms with Crippen LogP contribution in [0.2, 0.25) is 10.0 Å². The normalized spacial score (nSPS) is 11.1. The Morgan fingerprint density at radius 3 is 2.53 bits per heavy atom. The van der Waals surface area contributed by atoms with Gasteiger partial charge in [-0.3, -0.25) is 10.1 Å². The van der Waals surface area contributed by atoms with Gasteiger partial charge in [0.05, 0.1) is 12.8 Å². The van der Waals surface area contributed by atoms with Crippen LogP contribution in [0, 0.1) is 0 Å². The highest BCUT2D eigenvalue weighted by Gasteiger charge is 2.13. The predicted molar refractivity (Wildman–Crippen MR) is 154 cm³/mol. The number of aromatic nitrogens is 1. The van der Waals surface area contributed by atoms with Gasteiger partial charge in [-0.25, -0.2) is 4.98 Å². The fraction of sp³-hybridized carbons (Fsp3) is 0.0357. The van der Waals surface area contributed by atoms with Crippen LogP contribution in [0.4, 0.5) is 5.69 Å². The fourth-order valence-electron chi connectivity index (χ4n) is 3.69. The third kappa shape index (κ3) is 5.89. The number of hydrogen-bond acceptors (Lipinski definition) is 6.